The van der Waals surface area contributed by atoms with E-state index in [0.717, 1.165) is 18.4 Å². The van der Waals surface area contributed by atoms with E-state index >= 15 is 0 Å². The number of carbonyl (C=O) groups excluding carboxylic acids is 2. The number of amides is 2. The van der Waals surface area contributed by atoms with Crippen LogP contribution in [0.15, 0.2) is 30.3 Å². The Balaban J connectivity index is 2.11. The van der Waals surface area contributed by atoms with Gasteiger partial charge in [0.25, 0.3) is 0 Å². The van der Waals surface area contributed by atoms with Crippen LogP contribution in [0.3, 0.4) is 0 Å². The van der Waals surface area contributed by atoms with Crippen LogP contribution in [0.2, 0.25) is 0 Å². The van der Waals surface area contributed by atoms with Crippen molar-refractivity contribution in [2.45, 2.75) is 31.3 Å². The van der Waals surface area contributed by atoms with Crippen molar-refractivity contribution in [3.8, 4) is 0 Å². The van der Waals surface area contributed by atoms with Gasteiger partial charge in [-0.1, -0.05) is 30.3 Å². The van der Waals surface area contributed by atoms with Crippen LogP contribution in [0.5, 0.6) is 0 Å². The van der Waals surface area contributed by atoms with Crippen molar-refractivity contribution in [2.75, 3.05) is 6.54 Å². The normalized spacial score (nSPS) is 20.3. The summed E-state index contributed by atoms with van der Waals surface area (Å²) < 4.78 is 0. The SMILES string of the molecule is NC(=O)CC(N)C(=O)N1CCCC1c1ccccc1. The largest absolute Gasteiger partial charge is 0.370 e. The maximum atomic E-state index is 12.3. The number of primary amides is 1. The summed E-state index contributed by atoms with van der Waals surface area (Å²) in [6.07, 6.45) is 1.78. The second-order valence-corrected chi connectivity index (χ2v) is 4.88. The molecule has 2 amide bonds. The van der Waals surface area contributed by atoms with Crippen molar-refractivity contribution in [2.24, 2.45) is 11.5 Å². The van der Waals surface area contributed by atoms with Crippen molar-refractivity contribution >= 4 is 11.8 Å². The van der Waals surface area contributed by atoms with Crippen LogP contribution in [0.25, 0.3) is 0 Å². The molecule has 1 aromatic rings. The summed E-state index contributed by atoms with van der Waals surface area (Å²) in [6.45, 7) is 0.685. The van der Waals surface area contributed by atoms with Gasteiger partial charge < -0.3 is 16.4 Å². The summed E-state index contributed by atoms with van der Waals surface area (Å²) in [5, 5.41) is 0. The average molecular weight is 261 g/mol. The van der Waals surface area contributed by atoms with E-state index in [1.54, 1.807) is 4.90 Å². The molecule has 0 spiro atoms. The molecular weight excluding hydrogens is 242 g/mol. The van der Waals surface area contributed by atoms with Gasteiger partial charge in [0, 0.05) is 6.54 Å². The second-order valence-electron chi connectivity index (χ2n) is 4.88. The van der Waals surface area contributed by atoms with Gasteiger partial charge in [-0.2, -0.15) is 0 Å². The molecule has 19 heavy (non-hydrogen) atoms. The van der Waals surface area contributed by atoms with Gasteiger partial charge in [-0.3, -0.25) is 9.59 Å². The molecule has 4 N–H and O–H groups in total. The van der Waals surface area contributed by atoms with E-state index in [9.17, 15) is 9.59 Å². The molecule has 1 fully saturated rings. The molecule has 1 heterocycles. The first-order valence-corrected chi connectivity index (χ1v) is 6.49. The zero-order valence-corrected chi connectivity index (χ0v) is 10.8. The molecule has 5 heteroatoms. The fraction of sp³-hybridized carbons (Fsp3) is 0.429. The highest BCUT2D eigenvalue weighted by molar-refractivity contribution is 5.88. The number of nitrogens with two attached hydrogens (primary N) is 2. The summed E-state index contributed by atoms with van der Waals surface area (Å²) in [6, 6.07) is 9.11. The number of carbonyl (C=O) groups is 2. The van der Waals surface area contributed by atoms with Crippen LogP contribution in [-0.4, -0.2) is 29.3 Å². The predicted molar refractivity (Wildman–Crippen MR) is 71.9 cm³/mol. The molecule has 2 unspecified atom stereocenters. The molecule has 0 radical (unpaired) electrons. The zero-order valence-electron chi connectivity index (χ0n) is 10.8. The maximum absolute atomic E-state index is 12.3. The molecule has 1 saturated heterocycles. The van der Waals surface area contributed by atoms with Crippen molar-refractivity contribution in [3.05, 3.63) is 35.9 Å². The first kappa shape index (κ1) is 13.5. The van der Waals surface area contributed by atoms with Gasteiger partial charge in [0.1, 0.15) is 0 Å². The first-order chi connectivity index (χ1) is 9.09. The van der Waals surface area contributed by atoms with Crippen molar-refractivity contribution < 1.29 is 9.59 Å². The lowest BCUT2D eigenvalue weighted by molar-refractivity contribution is -0.135. The fourth-order valence-electron chi connectivity index (χ4n) is 2.57. The van der Waals surface area contributed by atoms with Crippen LogP contribution in [0.4, 0.5) is 0 Å². The molecule has 1 aromatic carbocycles. The smallest absolute Gasteiger partial charge is 0.240 e. The van der Waals surface area contributed by atoms with Crippen molar-refractivity contribution in [1.29, 1.82) is 0 Å². The van der Waals surface area contributed by atoms with Gasteiger partial charge in [-0.25, -0.2) is 0 Å². The van der Waals surface area contributed by atoms with E-state index in [0.29, 0.717) is 6.54 Å². The monoisotopic (exact) mass is 261 g/mol. The van der Waals surface area contributed by atoms with Crippen LogP contribution < -0.4 is 11.5 Å². The molecule has 0 bridgehead atoms. The summed E-state index contributed by atoms with van der Waals surface area (Å²) in [4.78, 5) is 24.9. The molecule has 2 atom stereocenters. The Kier molecular flexibility index (Phi) is 4.16. The summed E-state index contributed by atoms with van der Waals surface area (Å²) in [7, 11) is 0. The fourth-order valence-corrected chi connectivity index (χ4v) is 2.57. The predicted octanol–water partition coefficient (Wildman–Crippen LogP) is 0.553. The highest BCUT2D eigenvalue weighted by Gasteiger charge is 2.32. The van der Waals surface area contributed by atoms with Gasteiger partial charge >= 0.3 is 0 Å². The summed E-state index contributed by atoms with van der Waals surface area (Å²) in [5.41, 5.74) is 11.9. The Morgan fingerprint density at radius 1 is 1.32 bits per heavy atom. The Labute approximate surface area is 112 Å². The Hall–Kier alpha value is -1.88. The van der Waals surface area contributed by atoms with Crippen molar-refractivity contribution in [1.82, 2.24) is 4.90 Å². The second kappa shape index (κ2) is 5.84. The third-order valence-electron chi connectivity index (χ3n) is 3.46. The topological polar surface area (TPSA) is 89.4 Å². The third kappa shape index (κ3) is 3.12. The lowest BCUT2D eigenvalue weighted by Crippen LogP contribution is -2.45. The molecule has 2 rings (SSSR count). The van der Waals surface area contributed by atoms with E-state index < -0.39 is 11.9 Å². The average Bonchev–Trinajstić information content (AvgIpc) is 2.87. The Morgan fingerprint density at radius 3 is 2.63 bits per heavy atom. The van der Waals surface area contributed by atoms with Crippen molar-refractivity contribution in [3.63, 3.8) is 0 Å². The molecule has 1 aliphatic rings. The van der Waals surface area contributed by atoms with E-state index in [-0.39, 0.29) is 18.4 Å². The van der Waals surface area contributed by atoms with Gasteiger partial charge in [0.15, 0.2) is 0 Å². The number of nitrogens with zero attached hydrogens (tertiary/aromatic N) is 1. The molecule has 102 valence electrons. The summed E-state index contributed by atoms with van der Waals surface area (Å²) in [5.74, 6) is -0.735. The van der Waals surface area contributed by atoms with Crippen LogP contribution in [0.1, 0.15) is 30.9 Å². The van der Waals surface area contributed by atoms with E-state index in [1.807, 2.05) is 30.3 Å². The lowest BCUT2D eigenvalue weighted by Gasteiger charge is -2.27. The highest BCUT2D eigenvalue weighted by Crippen LogP contribution is 2.32. The van der Waals surface area contributed by atoms with Crippen LogP contribution >= 0.6 is 0 Å². The third-order valence-corrected chi connectivity index (χ3v) is 3.46. The number of rotatable bonds is 4. The van der Waals surface area contributed by atoms with Gasteiger partial charge in [0.05, 0.1) is 18.5 Å². The van der Waals surface area contributed by atoms with E-state index in [1.165, 1.54) is 0 Å². The minimum Gasteiger partial charge on any atom is -0.370 e. The zero-order chi connectivity index (χ0) is 13.8. The molecule has 0 aromatic heterocycles. The number of hydrogen-bond acceptors (Lipinski definition) is 3. The maximum Gasteiger partial charge on any atom is 0.240 e. The number of likely N-dealkylation sites (tertiary alicyclic amines) is 1. The first-order valence-electron chi connectivity index (χ1n) is 6.49. The van der Waals surface area contributed by atoms with E-state index in [2.05, 4.69) is 0 Å². The lowest BCUT2D eigenvalue weighted by atomic mass is 10.0. The van der Waals surface area contributed by atoms with Gasteiger partial charge in [0.2, 0.25) is 11.8 Å². The van der Waals surface area contributed by atoms with Gasteiger partial charge in [-0.15, -0.1) is 0 Å². The molecular formula is C14H19N3O2. The molecule has 0 saturated carbocycles. The minimum atomic E-state index is -0.832. The van der Waals surface area contributed by atoms with E-state index in [4.69, 9.17) is 11.5 Å². The Bertz CT molecular complexity index is 461. The quantitative estimate of drug-likeness (QED) is 0.829. The molecule has 1 aliphatic heterocycles. The van der Waals surface area contributed by atoms with Crippen LogP contribution in [-0.2, 0) is 9.59 Å². The number of benzene rings is 1. The molecule has 5 nitrogen and oxygen atoms in total. The van der Waals surface area contributed by atoms with Gasteiger partial charge in [-0.05, 0) is 18.4 Å². The van der Waals surface area contributed by atoms with Crippen LogP contribution in [0, 0.1) is 0 Å². The molecule has 0 aliphatic carbocycles. The highest BCUT2D eigenvalue weighted by atomic mass is 16.2. The minimum absolute atomic E-state index is 0.0626. The summed E-state index contributed by atoms with van der Waals surface area (Å²) >= 11 is 0. The number of hydrogen-bond donors (Lipinski definition) is 2. The Morgan fingerprint density at radius 2 is 2.00 bits per heavy atom. The standard InChI is InChI=1S/C14H19N3O2/c15-11(9-13(16)18)14(19)17-8-4-7-12(17)10-5-2-1-3-6-10/h1-3,5-6,11-12H,4,7-9,15H2,(H2,16,18).